The highest BCUT2D eigenvalue weighted by Gasteiger charge is 2.42. The molecule has 8 nitrogen and oxygen atoms in total. The molecule has 1 saturated carbocycles. The number of benzene rings is 3. The first-order valence-corrected chi connectivity index (χ1v) is 14.2. The number of ether oxygens (including phenoxy) is 2. The van der Waals surface area contributed by atoms with Crippen molar-refractivity contribution in [3.8, 4) is 11.1 Å². The first-order valence-electron chi connectivity index (χ1n) is 14.2. The molecule has 8 heteroatoms. The van der Waals surface area contributed by atoms with E-state index in [2.05, 4.69) is 22.8 Å². The van der Waals surface area contributed by atoms with Crippen LogP contribution in [0.3, 0.4) is 0 Å². The van der Waals surface area contributed by atoms with E-state index in [9.17, 15) is 19.5 Å². The van der Waals surface area contributed by atoms with Gasteiger partial charge >= 0.3 is 12.1 Å². The molecule has 0 aromatic heterocycles. The lowest BCUT2D eigenvalue weighted by Crippen LogP contribution is -2.55. The van der Waals surface area contributed by atoms with Crippen LogP contribution in [0.1, 0.15) is 55.2 Å². The summed E-state index contributed by atoms with van der Waals surface area (Å²) in [5, 5.41) is 15.3. The van der Waals surface area contributed by atoms with E-state index in [4.69, 9.17) is 9.47 Å². The van der Waals surface area contributed by atoms with Crippen LogP contribution in [0.25, 0.3) is 11.1 Å². The average molecular weight is 557 g/mol. The zero-order valence-corrected chi connectivity index (χ0v) is 23.2. The van der Waals surface area contributed by atoms with E-state index in [0.717, 1.165) is 40.7 Å². The number of rotatable bonds is 11. The largest absolute Gasteiger partial charge is 0.481 e. The number of amides is 2. The van der Waals surface area contributed by atoms with E-state index >= 15 is 0 Å². The molecule has 2 aliphatic rings. The first-order chi connectivity index (χ1) is 19.9. The monoisotopic (exact) mass is 556 g/mol. The molecule has 2 aliphatic carbocycles. The van der Waals surface area contributed by atoms with Crippen molar-refractivity contribution in [3.63, 3.8) is 0 Å². The fraction of sp³-hybridized carbons (Fsp3) is 0.364. The maximum atomic E-state index is 13.4. The number of nitrogens with one attached hydrogen (secondary N) is 2. The van der Waals surface area contributed by atoms with Gasteiger partial charge in [-0.05, 0) is 47.6 Å². The Balaban J connectivity index is 1.26. The standard InChI is InChI=1S/C33H36N2O6/c1-22(40-19-23-11-3-2-4-12-23)29(30(36)34-21-33(31(37)38)17-9-10-18-33)35-32(39)41-20-28-26-15-7-5-13-24(26)25-14-6-8-16-27(25)28/h2-8,11-16,22,28-29H,9-10,17-21H2,1H3,(H,34,36)(H,35,39)(H,37,38). The van der Waals surface area contributed by atoms with Crippen LogP contribution in [0.4, 0.5) is 4.79 Å². The minimum absolute atomic E-state index is 0.00452. The minimum Gasteiger partial charge on any atom is -0.481 e. The van der Waals surface area contributed by atoms with Crippen molar-refractivity contribution < 1.29 is 29.0 Å². The summed E-state index contributed by atoms with van der Waals surface area (Å²) in [6.07, 6.45) is 1.18. The summed E-state index contributed by atoms with van der Waals surface area (Å²) >= 11 is 0. The Labute approximate surface area is 240 Å². The molecule has 2 atom stereocenters. The second-order valence-electron chi connectivity index (χ2n) is 11.0. The summed E-state index contributed by atoms with van der Waals surface area (Å²) in [5.74, 6) is -1.54. The van der Waals surface area contributed by atoms with Crippen LogP contribution in [0.2, 0.25) is 0 Å². The highest BCUT2D eigenvalue weighted by atomic mass is 16.5. The van der Waals surface area contributed by atoms with Crippen LogP contribution in [-0.2, 0) is 25.7 Å². The Kier molecular flexibility index (Phi) is 8.69. The average Bonchev–Trinajstić information content (AvgIpc) is 3.61. The van der Waals surface area contributed by atoms with E-state index in [1.165, 1.54) is 0 Å². The quantitative estimate of drug-likeness (QED) is 0.297. The molecule has 3 N–H and O–H groups in total. The van der Waals surface area contributed by atoms with Crippen molar-refractivity contribution in [3.05, 3.63) is 95.6 Å². The molecule has 3 aromatic rings. The van der Waals surface area contributed by atoms with Gasteiger partial charge in [-0.2, -0.15) is 0 Å². The molecule has 0 heterocycles. The number of carbonyl (C=O) groups is 3. The van der Waals surface area contributed by atoms with Crippen LogP contribution in [-0.4, -0.2) is 48.4 Å². The fourth-order valence-corrected chi connectivity index (χ4v) is 5.95. The second-order valence-corrected chi connectivity index (χ2v) is 11.0. The first kappa shape index (κ1) is 28.4. The Bertz CT molecular complexity index is 1340. The summed E-state index contributed by atoms with van der Waals surface area (Å²) < 4.78 is 11.7. The summed E-state index contributed by atoms with van der Waals surface area (Å²) in [7, 11) is 0. The molecule has 0 radical (unpaired) electrons. The third-order valence-electron chi connectivity index (χ3n) is 8.34. The van der Waals surface area contributed by atoms with Crippen molar-refractivity contribution in [1.82, 2.24) is 10.6 Å². The van der Waals surface area contributed by atoms with Gasteiger partial charge in [0.2, 0.25) is 5.91 Å². The fourth-order valence-electron chi connectivity index (χ4n) is 5.95. The number of aliphatic carboxylic acids is 1. The number of carbonyl (C=O) groups excluding carboxylic acids is 2. The van der Waals surface area contributed by atoms with Gasteiger partial charge in [-0.1, -0.05) is 91.7 Å². The van der Waals surface area contributed by atoms with Crippen molar-refractivity contribution in [2.75, 3.05) is 13.2 Å². The number of carboxylic acids is 1. The summed E-state index contributed by atoms with van der Waals surface area (Å²) in [6, 6.07) is 24.6. The molecule has 3 aromatic carbocycles. The maximum Gasteiger partial charge on any atom is 0.407 e. The van der Waals surface area contributed by atoms with Crippen LogP contribution >= 0.6 is 0 Å². The normalized spacial score (nSPS) is 16.7. The lowest BCUT2D eigenvalue weighted by molar-refractivity contribution is -0.148. The summed E-state index contributed by atoms with van der Waals surface area (Å²) in [6.45, 7) is 2.06. The van der Waals surface area contributed by atoms with Crippen molar-refractivity contribution in [1.29, 1.82) is 0 Å². The van der Waals surface area contributed by atoms with Gasteiger partial charge in [0.1, 0.15) is 12.6 Å². The van der Waals surface area contributed by atoms with E-state index in [0.29, 0.717) is 12.8 Å². The summed E-state index contributed by atoms with van der Waals surface area (Å²) in [4.78, 5) is 38.5. The van der Waals surface area contributed by atoms with Gasteiger partial charge in [0.05, 0.1) is 18.1 Å². The Morgan fingerprint density at radius 3 is 2.10 bits per heavy atom. The number of hydrogen-bond donors (Lipinski definition) is 3. The highest BCUT2D eigenvalue weighted by molar-refractivity contribution is 5.87. The Morgan fingerprint density at radius 1 is 0.902 bits per heavy atom. The number of hydrogen-bond acceptors (Lipinski definition) is 5. The van der Waals surface area contributed by atoms with Crippen LogP contribution < -0.4 is 10.6 Å². The van der Waals surface area contributed by atoms with E-state index in [-0.39, 0.29) is 25.7 Å². The molecule has 214 valence electrons. The number of carboxylic acid groups (broad SMARTS) is 1. The topological polar surface area (TPSA) is 114 Å². The highest BCUT2D eigenvalue weighted by Crippen LogP contribution is 2.44. The number of fused-ring (bicyclic) bond motifs is 3. The van der Waals surface area contributed by atoms with Gasteiger partial charge in [-0.25, -0.2) is 4.79 Å². The third kappa shape index (κ3) is 6.28. The predicted octanol–water partition coefficient (Wildman–Crippen LogP) is 5.26. The molecule has 0 saturated heterocycles. The van der Waals surface area contributed by atoms with Gasteiger partial charge in [-0.15, -0.1) is 0 Å². The summed E-state index contributed by atoms with van der Waals surface area (Å²) in [5.41, 5.74) is 4.36. The SMILES string of the molecule is CC(OCc1ccccc1)C(NC(=O)OCC1c2ccccc2-c2ccccc21)C(=O)NCC1(C(=O)O)CCCC1. The van der Waals surface area contributed by atoms with E-state index < -0.39 is 35.5 Å². The molecule has 41 heavy (non-hydrogen) atoms. The van der Waals surface area contributed by atoms with Crippen molar-refractivity contribution in [2.45, 2.75) is 57.3 Å². The zero-order valence-electron chi connectivity index (χ0n) is 23.2. The molecule has 0 spiro atoms. The van der Waals surface area contributed by atoms with E-state index in [1.54, 1.807) is 6.92 Å². The molecule has 5 rings (SSSR count). The minimum atomic E-state index is -1.08. The van der Waals surface area contributed by atoms with Gasteiger partial charge < -0.3 is 25.2 Å². The predicted molar refractivity (Wildman–Crippen MR) is 154 cm³/mol. The second kappa shape index (κ2) is 12.6. The molecular formula is C33H36N2O6. The third-order valence-corrected chi connectivity index (χ3v) is 8.34. The maximum absolute atomic E-state index is 13.4. The molecular weight excluding hydrogens is 520 g/mol. The Hall–Kier alpha value is -4.17. The number of alkyl carbamates (subject to hydrolysis) is 1. The van der Waals surface area contributed by atoms with Crippen LogP contribution in [0.15, 0.2) is 78.9 Å². The molecule has 0 aliphatic heterocycles. The lowest BCUT2D eigenvalue weighted by atomic mass is 9.86. The van der Waals surface area contributed by atoms with Crippen LogP contribution in [0, 0.1) is 5.41 Å². The van der Waals surface area contributed by atoms with Gasteiger partial charge in [0.25, 0.3) is 0 Å². The van der Waals surface area contributed by atoms with Gasteiger partial charge in [0.15, 0.2) is 0 Å². The molecule has 2 unspecified atom stereocenters. The Morgan fingerprint density at radius 2 is 1.49 bits per heavy atom. The van der Waals surface area contributed by atoms with Crippen molar-refractivity contribution in [2.24, 2.45) is 5.41 Å². The van der Waals surface area contributed by atoms with Crippen molar-refractivity contribution >= 4 is 18.0 Å². The smallest absolute Gasteiger partial charge is 0.407 e. The lowest BCUT2D eigenvalue weighted by Gasteiger charge is -2.28. The van der Waals surface area contributed by atoms with Gasteiger partial charge in [-0.3, -0.25) is 9.59 Å². The van der Waals surface area contributed by atoms with Gasteiger partial charge in [0, 0.05) is 12.5 Å². The van der Waals surface area contributed by atoms with Crippen LogP contribution in [0.5, 0.6) is 0 Å². The zero-order chi connectivity index (χ0) is 28.8. The van der Waals surface area contributed by atoms with E-state index in [1.807, 2.05) is 66.7 Å². The molecule has 1 fully saturated rings. The molecule has 0 bridgehead atoms. The molecule has 2 amide bonds.